The predicted octanol–water partition coefficient (Wildman–Crippen LogP) is 1.30. The Morgan fingerprint density at radius 3 is 2.79 bits per heavy atom. The van der Waals surface area contributed by atoms with Crippen LogP contribution in [0.4, 0.5) is 0 Å². The predicted molar refractivity (Wildman–Crippen MR) is 77.8 cm³/mol. The molecular weight excluding hydrogens is 238 g/mol. The van der Waals surface area contributed by atoms with Crippen LogP contribution in [-0.4, -0.2) is 55.0 Å². The molecule has 2 aliphatic rings. The smallest absolute Gasteiger partial charge is 0.225 e. The number of likely N-dealkylation sites (N-methyl/N-ethyl adjacent to an activating group) is 1. The van der Waals surface area contributed by atoms with Gasteiger partial charge in [0.15, 0.2) is 0 Å². The van der Waals surface area contributed by atoms with Gasteiger partial charge in [-0.25, -0.2) is 0 Å². The molecule has 1 saturated heterocycles. The van der Waals surface area contributed by atoms with Crippen LogP contribution in [0.25, 0.3) is 0 Å². The molecule has 1 heterocycles. The highest BCUT2D eigenvalue weighted by Crippen LogP contribution is 2.30. The molecule has 110 valence electrons. The van der Waals surface area contributed by atoms with Gasteiger partial charge in [0.2, 0.25) is 5.91 Å². The van der Waals surface area contributed by atoms with Crippen LogP contribution < -0.4 is 5.73 Å². The molecule has 2 N–H and O–H groups in total. The fourth-order valence-electron chi connectivity index (χ4n) is 3.66. The van der Waals surface area contributed by atoms with Crippen molar-refractivity contribution in [2.75, 3.05) is 33.2 Å². The van der Waals surface area contributed by atoms with Crippen molar-refractivity contribution in [1.82, 2.24) is 9.80 Å². The topological polar surface area (TPSA) is 49.6 Å². The van der Waals surface area contributed by atoms with Crippen molar-refractivity contribution in [3.05, 3.63) is 0 Å². The second-order valence-corrected chi connectivity index (χ2v) is 6.46. The van der Waals surface area contributed by atoms with Gasteiger partial charge in [-0.15, -0.1) is 0 Å². The minimum atomic E-state index is 0.230. The SMILES string of the molecule is CC1CN(C)CCCN1C(=O)C1CCCC(CN)C1. The van der Waals surface area contributed by atoms with Crippen LogP contribution in [0.3, 0.4) is 0 Å². The van der Waals surface area contributed by atoms with Crippen molar-refractivity contribution in [1.29, 1.82) is 0 Å². The van der Waals surface area contributed by atoms with Gasteiger partial charge in [0.25, 0.3) is 0 Å². The van der Waals surface area contributed by atoms with Crippen LogP contribution in [0.1, 0.15) is 39.0 Å². The summed E-state index contributed by atoms with van der Waals surface area (Å²) in [4.78, 5) is 17.2. The molecular formula is C15H29N3O. The summed E-state index contributed by atoms with van der Waals surface area (Å²) in [6, 6.07) is 0.346. The van der Waals surface area contributed by atoms with E-state index in [0.29, 0.717) is 17.9 Å². The Morgan fingerprint density at radius 2 is 2.05 bits per heavy atom. The maximum Gasteiger partial charge on any atom is 0.225 e. The lowest BCUT2D eigenvalue weighted by Gasteiger charge is -2.35. The second kappa shape index (κ2) is 6.71. The van der Waals surface area contributed by atoms with Crippen LogP contribution in [0.2, 0.25) is 0 Å². The average molecular weight is 267 g/mol. The first-order valence-corrected chi connectivity index (χ1v) is 7.81. The third kappa shape index (κ3) is 3.69. The van der Waals surface area contributed by atoms with E-state index in [1.54, 1.807) is 0 Å². The fraction of sp³-hybridized carbons (Fsp3) is 0.933. The van der Waals surface area contributed by atoms with Gasteiger partial charge in [0, 0.05) is 25.0 Å². The van der Waals surface area contributed by atoms with Gasteiger partial charge < -0.3 is 15.5 Å². The summed E-state index contributed by atoms with van der Waals surface area (Å²) in [7, 11) is 2.15. The van der Waals surface area contributed by atoms with Gasteiger partial charge in [0.1, 0.15) is 0 Å². The number of carbonyl (C=O) groups excluding carboxylic acids is 1. The van der Waals surface area contributed by atoms with Crippen LogP contribution in [-0.2, 0) is 4.79 Å². The van der Waals surface area contributed by atoms with E-state index in [1.807, 2.05) is 0 Å². The summed E-state index contributed by atoms with van der Waals surface area (Å²) in [6.45, 7) is 5.95. The number of amides is 1. The molecule has 0 bridgehead atoms. The van der Waals surface area contributed by atoms with E-state index in [4.69, 9.17) is 5.73 Å². The Bertz CT molecular complexity index is 308. The molecule has 4 heteroatoms. The third-order valence-corrected chi connectivity index (χ3v) is 4.80. The number of hydrogen-bond donors (Lipinski definition) is 1. The first-order valence-electron chi connectivity index (χ1n) is 7.81. The fourth-order valence-corrected chi connectivity index (χ4v) is 3.66. The maximum atomic E-state index is 12.8. The van der Waals surface area contributed by atoms with Gasteiger partial charge in [-0.1, -0.05) is 6.42 Å². The lowest BCUT2D eigenvalue weighted by molar-refractivity contribution is -0.139. The van der Waals surface area contributed by atoms with Crippen molar-refractivity contribution in [2.45, 2.75) is 45.1 Å². The Kier molecular flexibility index (Phi) is 5.22. The molecule has 1 amide bonds. The van der Waals surface area contributed by atoms with E-state index in [1.165, 1.54) is 12.8 Å². The van der Waals surface area contributed by atoms with Crippen molar-refractivity contribution >= 4 is 5.91 Å². The Hall–Kier alpha value is -0.610. The summed E-state index contributed by atoms with van der Waals surface area (Å²) in [5.74, 6) is 1.18. The van der Waals surface area contributed by atoms with Gasteiger partial charge in [-0.3, -0.25) is 4.79 Å². The Labute approximate surface area is 117 Å². The van der Waals surface area contributed by atoms with E-state index < -0.39 is 0 Å². The van der Waals surface area contributed by atoms with Gasteiger partial charge in [-0.2, -0.15) is 0 Å². The molecule has 4 nitrogen and oxygen atoms in total. The highest BCUT2D eigenvalue weighted by molar-refractivity contribution is 5.79. The maximum absolute atomic E-state index is 12.8. The first-order chi connectivity index (χ1) is 9.11. The van der Waals surface area contributed by atoms with Crippen molar-refractivity contribution < 1.29 is 4.79 Å². The number of nitrogens with two attached hydrogens (primary N) is 1. The highest BCUT2D eigenvalue weighted by Gasteiger charge is 2.32. The molecule has 2 fully saturated rings. The van der Waals surface area contributed by atoms with Gasteiger partial charge in [0.05, 0.1) is 0 Å². The number of rotatable bonds is 2. The summed E-state index contributed by atoms with van der Waals surface area (Å²) in [5, 5.41) is 0. The lowest BCUT2D eigenvalue weighted by Crippen LogP contribution is -2.46. The standard InChI is InChI=1S/C15H29N3O/c1-12-11-17(2)7-4-8-18(12)15(19)14-6-3-5-13(9-14)10-16/h12-14H,3-11,16H2,1-2H3. The molecule has 1 aliphatic carbocycles. The van der Waals surface area contributed by atoms with Gasteiger partial charge in [-0.05, 0) is 58.7 Å². The quantitative estimate of drug-likeness (QED) is 0.820. The zero-order valence-corrected chi connectivity index (χ0v) is 12.5. The molecule has 0 spiro atoms. The molecule has 1 saturated carbocycles. The summed E-state index contributed by atoms with van der Waals surface area (Å²) >= 11 is 0. The molecule has 0 aromatic rings. The van der Waals surface area contributed by atoms with Crippen LogP contribution in [0.15, 0.2) is 0 Å². The molecule has 0 aromatic heterocycles. The molecule has 3 atom stereocenters. The normalized spacial score (nSPS) is 34.1. The van der Waals surface area contributed by atoms with E-state index in [-0.39, 0.29) is 5.92 Å². The largest absolute Gasteiger partial charge is 0.338 e. The Balaban J connectivity index is 1.97. The van der Waals surface area contributed by atoms with Crippen molar-refractivity contribution in [3.8, 4) is 0 Å². The van der Waals surface area contributed by atoms with Gasteiger partial charge >= 0.3 is 0 Å². The average Bonchev–Trinajstić information content (AvgIpc) is 2.58. The minimum Gasteiger partial charge on any atom is -0.338 e. The van der Waals surface area contributed by atoms with Crippen LogP contribution >= 0.6 is 0 Å². The second-order valence-electron chi connectivity index (χ2n) is 6.46. The third-order valence-electron chi connectivity index (χ3n) is 4.80. The van der Waals surface area contributed by atoms with E-state index in [2.05, 4.69) is 23.8 Å². The molecule has 19 heavy (non-hydrogen) atoms. The molecule has 3 unspecified atom stereocenters. The highest BCUT2D eigenvalue weighted by atomic mass is 16.2. The Morgan fingerprint density at radius 1 is 1.26 bits per heavy atom. The molecule has 2 rings (SSSR count). The first kappa shape index (κ1) is 14.8. The number of nitrogens with zero attached hydrogens (tertiary/aromatic N) is 2. The summed E-state index contributed by atoms with van der Waals surface area (Å²) in [6.07, 6.45) is 5.54. The monoisotopic (exact) mass is 267 g/mol. The van der Waals surface area contributed by atoms with E-state index >= 15 is 0 Å². The van der Waals surface area contributed by atoms with Crippen LogP contribution in [0.5, 0.6) is 0 Å². The minimum absolute atomic E-state index is 0.230. The summed E-state index contributed by atoms with van der Waals surface area (Å²) < 4.78 is 0. The lowest BCUT2D eigenvalue weighted by atomic mass is 9.80. The zero-order chi connectivity index (χ0) is 13.8. The van der Waals surface area contributed by atoms with E-state index in [0.717, 1.165) is 45.4 Å². The van der Waals surface area contributed by atoms with Crippen LogP contribution in [0, 0.1) is 11.8 Å². The van der Waals surface area contributed by atoms with E-state index in [9.17, 15) is 4.79 Å². The molecule has 0 aromatic carbocycles. The number of hydrogen-bond acceptors (Lipinski definition) is 3. The number of carbonyl (C=O) groups is 1. The van der Waals surface area contributed by atoms with Crippen molar-refractivity contribution in [3.63, 3.8) is 0 Å². The summed E-state index contributed by atoms with van der Waals surface area (Å²) in [5.41, 5.74) is 5.78. The molecule has 1 aliphatic heterocycles. The zero-order valence-electron chi connectivity index (χ0n) is 12.5. The van der Waals surface area contributed by atoms with Crippen molar-refractivity contribution in [2.24, 2.45) is 17.6 Å². The molecule has 0 radical (unpaired) electrons.